The first-order chi connectivity index (χ1) is 6.45. The molecule has 0 aliphatic carbocycles. The molecule has 0 aliphatic rings. The van der Waals surface area contributed by atoms with Crippen LogP contribution in [0.3, 0.4) is 0 Å². The van der Waals surface area contributed by atoms with E-state index in [2.05, 4.69) is 6.58 Å². The lowest BCUT2D eigenvalue weighted by Gasteiger charge is -2.05. The molecule has 0 rings (SSSR count). The second kappa shape index (κ2) is 5.68. The summed E-state index contributed by atoms with van der Waals surface area (Å²) in [5.41, 5.74) is -0.231. The van der Waals surface area contributed by atoms with Crippen molar-refractivity contribution < 1.29 is 13.2 Å². The Labute approximate surface area is 82.8 Å². The van der Waals surface area contributed by atoms with Gasteiger partial charge >= 0.3 is 0 Å². The molecule has 0 amide bonds. The Bertz CT molecular complexity index is 285. The zero-order valence-corrected chi connectivity index (χ0v) is 8.76. The maximum Gasteiger partial charge on any atom is 0.164 e. The highest BCUT2D eigenvalue weighted by atomic mass is 19.2. The van der Waals surface area contributed by atoms with Gasteiger partial charge in [-0.25, -0.2) is 13.2 Å². The zero-order valence-electron chi connectivity index (χ0n) is 8.76. The van der Waals surface area contributed by atoms with Crippen LogP contribution in [0.1, 0.15) is 33.6 Å². The van der Waals surface area contributed by atoms with Crippen molar-refractivity contribution in [3.05, 3.63) is 35.2 Å². The smallest absolute Gasteiger partial charge is 0.164 e. The van der Waals surface area contributed by atoms with Gasteiger partial charge in [0.2, 0.25) is 0 Å². The Morgan fingerprint density at radius 2 is 1.50 bits per heavy atom. The molecule has 0 heterocycles. The molecule has 14 heavy (non-hydrogen) atoms. The largest absolute Gasteiger partial charge is 0.211 e. The third-order valence-electron chi connectivity index (χ3n) is 1.82. The highest BCUT2D eigenvalue weighted by Gasteiger charge is 2.14. The standard InChI is InChI=1S/C11H15F3/c1-5-8(9(12)6-2)11(14)10(13)7(3)4/h3,5-6H2,1-2,4H3/b9-8+,11-10-. The fourth-order valence-electron chi connectivity index (χ4n) is 0.999. The van der Waals surface area contributed by atoms with E-state index in [9.17, 15) is 13.2 Å². The molecule has 0 saturated carbocycles. The van der Waals surface area contributed by atoms with E-state index < -0.39 is 17.5 Å². The van der Waals surface area contributed by atoms with Gasteiger partial charge in [0, 0.05) is 5.57 Å². The van der Waals surface area contributed by atoms with Crippen molar-refractivity contribution >= 4 is 0 Å². The molecule has 0 aromatic heterocycles. The van der Waals surface area contributed by atoms with E-state index in [-0.39, 0.29) is 24.0 Å². The van der Waals surface area contributed by atoms with Gasteiger partial charge in [0.15, 0.2) is 11.7 Å². The van der Waals surface area contributed by atoms with Crippen LogP contribution in [0.15, 0.2) is 35.2 Å². The highest BCUT2D eigenvalue weighted by Crippen LogP contribution is 2.28. The molecule has 0 bridgehead atoms. The molecule has 0 aromatic carbocycles. The molecular formula is C11H15F3. The van der Waals surface area contributed by atoms with Crippen molar-refractivity contribution in [1.82, 2.24) is 0 Å². The molecule has 0 atom stereocenters. The summed E-state index contributed by atoms with van der Waals surface area (Å²) in [7, 11) is 0. The van der Waals surface area contributed by atoms with E-state index in [0.29, 0.717) is 0 Å². The first kappa shape index (κ1) is 13.0. The lowest BCUT2D eigenvalue weighted by Crippen LogP contribution is -1.91. The van der Waals surface area contributed by atoms with Crippen LogP contribution in [-0.2, 0) is 0 Å². The third kappa shape index (κ3) is 3.05. The van der Waals surface area contributed by atoms with Crippen LogP contribution < -0.4 is 0 Å². The molecule has 0 radical (unpaired) electrons. The van der Waals surface area contributed by atoms with E-state index in [1.165, 1.54) is 6.92 Å². The van der Waals surface area contributed by atoms with Crippen molar-refractivity contribution in [2.24, 2.45) is 0 Å². The van der Waals surface area contributed by atoms with E-state index >= 15 is 0 Å². The van der Waals surface area contributed by atoms with E-state index in [1.807, 2.05) is 0 Å². The Kier molecular flexibility index (Phi) is 5.28. The van der Waals surface area contributed by atoms with E-state index in [0.717, 1.165) is 0 Å². The number of halogens is 3. The average molecular weight is 204 g/mol. The van der Waals surface area contributed by atoms with Crippen molar-refractivity contribution in [2.75, 3.05) is 0 Å². The summed E-state index contributed by atoms with van der Waals surface area (Å²) in [5.74, 6) is -2.80. The maximum absolute atomic E-state index is 13.3. The zero-order chi connectivity index (χ0) is 11.3. The summed E-state index contributed by atoms with van der Waals surface area (Å²) in [4.78, 5) is 0. The van der Waals surface area contributed by atoms with Crippen molar-refractivity contribution in [2.45, 2.75) is 33.6 Å². The summed E-state index contributed by atoms with van der Waals surface area (Å²) < 4.78 is 39.4. The predicted molar refractivity (Wildman–Crippen MR) is 52.8 cm³/mol. The quantitative estimate of drug-likeness (QED) is 0.579. The van der Waals surface area contributed by atoms with Gasteiger partial charge in [-0.1, -0.05) is 20.4 Å². The van der Waals surface area contributed by atoms with Crippen LogP contribution in [0.5, 0.6) is 0 Å². The lowest BCUT2D eigenvalue weighted by molar-refractivity contribution is 0.525. The minimum absolute atomic E-state index is 0.0302. The second-order valence-corrected chi connectivity index (χ2v) is 3.00. The van der Waals surface area contributed by atoms with Gasteiger partial charge in [0.05, 0.1) is 0 Å². The fraction of sp³-hybridized carbons (Fsp3) is 0.455. The van der Waals surface area contributed by atoms with E-state index in [1.54, 1.807) is 13.8 Å². The van der Waals surface area contributed by atoms with Crippen LogP contribution in [0, 0.1) is 0 Å². The van der Waals surface area contributed by atoms with Crippen LogP contribution in [0.4, 0.5) is 13.2 Å². The minimum atomic E-state index is -1.13. The van der Waals surface area contributed by atoms with Crippen LogP contribution in [-0.4, -0.2) is 0 Å². The Morgan fingerprint density at radius 3 is 1.79 bits per heavy atom. The summed E-state index contributed by atoms with van der Waals surface area (Å²) >= 11 is 0. The normalized spacial score (nSPS) is 14.7. The van der Waals surface area contributed by atoms with Gasteiger partial charge < -0.3 is 0 Å². The summed E-state index contributed by atoms with van der Waals surface area (Å²) in [6.45, 7) is 7.73. The van der Waals surface area contributed by atoms with Crippen LogP contribution >= 0.6 is 0 Å². The molecule has 0 fully saturated rings. The third-order valence-corrected chi connectivity index (χ3v) is 1.82. The van der Waals surface area contributed by atoms with Gasteiger partial charge in [-0.05, 0) is 25.3 Å². The molecule has 0 aliphatic heterocycles. The average Bonchev–Trinajstić information content (AvgIpc) is 2.16. The Hall–Kier alpha value is -0.990. The molecule has 0 unspecified atom stereocenters. The number of hydrogen-bond donors (Lipinski definition) is 0. The van der Waals surface area contributed by atoms with Gasteiger partial charge in [0.25, 0.3) is 0 Å². The monoisotopic (exact) mass is 204 g/mol. The minimum Gasteiger partial charge on any atom is -0.211 e. The Balaban J connectivity index is 5.27. The lowest BCUT2D eigenvalue weighted by atomic mass is 10.1. The van der Waals surface area contributed by atoms with Crippen LogP contribution in [0.2, 0.25) is 0 Å². The van der Waals surface area contributed by atoms with E-state index in [4.69, 9.17) is 0 Å². The van der Waals surface area contributed by atoms with Crippen molar-refractivity contribution in [3.8, 4) is 0 Å². The number of hydrogen-bond acceptors (Lipinski definition) is 0. The first-order valence-electron chi connectivity index (χ1n) is 4.54. The summed E-state index contributed by atoms with van der Waals surface area (Å²) in [5, 5.41) is 0. The van der Waals surface area contributed by atoms with Crippen LogP contribution in [0.25, 0.3) is 0 Å². The SMILES string of the molecule is C=C(C)/C(F)=C(F)\C(CC)=C(\F)CC. The predicted octanol–water partition coefficient (Wildman–Crippen LogP) is 4.76. The van der Waals surface area contributed by atoms with Gasteiger partial charge in [-0.3, -0.25) is 0 Å². The second-order valence-electron chi connectivity index (χ2n) is 3.00. The highest BCUT2D eigenvalue weighted by molar-refractivity contribution is 5.36. The topological polar surface area (TPSA) is 0 Å². The fourth-order valence-corrected chi connectivity index (χ4v) is 0.999. The molecule has 3 heteroatoms. The number of rotatable bonds is 4. The molecule has 0 spiro atoms. The van der Waals surface area contributed by atoms with Gasteiger partial charge in [0.1, 0.15) is 5.83 Å². The molecular weight excluding hydrogens is 189 g/mol. The molecule has 0 saturated heterocycles. The van der Waals surface area contributed by atoms with Crippen molar-refractivity contribution in [1.29, 1.82) is 0 Å². The maximum atomic E-state index is 13.3. The first-order valence-corrected chi connectivity index (χ1v) is 4.54. The molecule has 80 valence electrons. The molecule has 0 nitrogen and oxygen atoms in total. The number of allylic oxidation sites excluding steroid dienone is 5. The Morgan fingerprint density at radius 1 is 1.00 bits per heavy atom. The molecule has 0 aromatic rings. The van der Waals surface area contributed by atoms with Gasteiger partial charge in [-0.2, -0.15) is 0 Å². The van der Waals surface area contributed by atoms with Crippen molar-refractivity contribution in [3.63, 3.8) is 0 Å². The summed E-state index contributed by atoms with van der Waals surface area (Å²) in [6, 6.07) is 0. The van der Waals surface area contributed by atoms with Gasteiger partial charge in [-0.15, -0.1) is 0 Å². The molecule has 0 N–H and O–H groups in total. The summed E-state index contributed by atoms with van der Waals surface area (Å²) in [6.07, 6.45) is 0.201.